The molecule has 2 nitrogen and oxygen atoms in total. The summed E-state index contributed by atoms with van der Waals surface area (Å²) in [5, 5.41) is 0. The van der Waals surface area contributed by atoms with Gasteiger partial charge in [0.2, 0.25) is 0 Å². The Balaban J connectivity index is 2.30. The first-order chi connectivity index (χ1) is 6.50. The molecule has 14 heavy (non-hydrogen) atoms. The molecule has 0 spiro atoms. The predicted molar refractivity (Wildman–Crippen MR) is 59.3 cm³/mol. The Hall–Kier alpha value is -1.18. The van der Waals surface area contributed by atoms with Gasteiger partial charge >= 0.3 is 0 Å². The Labute approximate surface area is 86.2 Å². The molecule has 1 atom stereocenters. The number of hydrogen-bond donors (Lipinski definition) is 0. The topological polar surface area (TPSA) is 6.48 Å². The minimum absolute atomic E-state index is 0.186. The fourth-order valence-electron chi connectivity index (χ4n) is 2.06. The van der Waals surface area contributed by atoms with Crippen LogP contribution in [0, 0.1) is 0 Å². The molecule has 0 aromatic rings. The summed E-state index contributed by atoms with van der Waals surface area (Å²) in [6, 6.07) is 0. The Kier molecular flexibility index (Phi) is 1.95. The molecule has 0 radical (unpaired) electrons. The van der Waals surface area contributed by atoms with Gasteiger partial charge in [-0.1, -0.05) is 6.08 Å². The number of rotatable bonds is 0. The minimum Gasteiger partial charge on any atom is -0.350 e. The third-order valence-electron chi connectivity index (χ3n) is 2.77. The van der Waals surface area contributed by atoms with Gasteiger partial charge in [-0.15, -0.1) is 0 Å². The molecule has 0 unspecified atom stereocenters. The maximum atomic E-state index is 2.39. The van der Waals surface area contributed by atoms with Gasteiger partial charge in [-0.05, 0) is 39.8 Å². The number of nitrogens with zero attached hydrogens (tertiary/aromatic N) is 2. The standard InChI is InChI=1S/C12H18N2/c1-10-13-8-6-5-7-11(13)9-14(10)12(2,3)4/h5-10H,1-4H3/t10-/m0/s1. The molecule has 0 amide bonds. The summed E-state index contributed by atoms with van der Waals surface area (Å²) >= 11 is 0. The maximum Gasteiger partial charge on any atom is 0.103 e. The zero-order chi connectivity index (χ0) is 10.3. The summed E-state index contributed by atoms with van der Waals surface area (Å²) in [6.45, 7) is 8.96. The molecule has 76 valence electrons. The lowest BCUT2D eigenvalue weighted by Gasteiger charge is -2.38. The van der Waals surface area contributed by atoms with E-state index in [9.17, 15) is 0 Å². The smallest absolute Gasteiger partial charge is 0.103 e. The SMILES string of the molecule is C[C@H]1N2C=CC=CC2=CN1C(C)(C)C. The van der Waals surface area contributed by atoms with Gasteiger partial charge in [-0.2, -0.15) is 0 Å². The lowest BCUT2D eigenvalue weighted by Crippen LogP contribution is -2.45. The molecular weight excluding hydrogens is 172 g/mol. The van der Waals surface area contributed by atoms with E-state index in [1.54, 1.807) is 0 Å². The van der Waals surface area contributed by atoms with E-state index in [4.69, 9.17) is 0 Å². The van der Waals surface area contributed by atoms with Crippen LogP contribution in [0.5, 0.6) is 0 Å². The molecule has 0 fully saturated rings. The first kappa shape index (κ1) is 9.38. The van der Waals surface area contributed by atoms with Crippen molar-refractivity contribution in [1.29, 1.82) is 0 Å². The number of fused-ring (bicyclic) bond motifs is 1. The molecule has 0 aliphatic carbocycles. The van der Waals surface area contributed by atoms with Crippen LogP contribution in [0.15, 0.2) is 36.3 Å². The quantitative estimate of drug-likeness (QED) is 0.579. The van der Waals surface area contributed by atoms with Gasteiger partial charge in [0.15, 0.2) is 0 Å². The predicted octanol–water partition coefficient (Wildman–Crippen LogP) is 2.67. The molecule has 0 aromatic heterocycles. The Morgan fingerprint density at radius 2 is 1.93 bits per heavy atom. The molecule has 0 bridgehead atoms. The maximum absolute atomic E-state index is 2.39. The normalized spacial score (nSPS) is 25.4. The van der Waals surface area contributed by atoms with Gasteiger partial charge in [0.25, 0.3) is 0 Å². The minimum atomic E-state index is 0.186. The molecule has 2 heterocycles. The van der Waals surface area contributed by atoms with Crippen molar-refractivity contribution in [3.05, 3.63) is 36.3 Å². The van der Waals surface area contributed by atoms with E-state index in [0.717, 1.165) is 0 Å². The van der Waals surface area contributed by atoms with E-state index < -0.39 is 0 Å². The molecule has 0 aromatic carbocycles. The molecule has 2 rings (SSSR count). The molecule has 2 aliphatic heterocycles. The van der Waals surface area contributed by atoms with Gasteiger partial charge in [0.1, 0.15) is 6.17 Å². The Morgan fingerprint density at radius 1 is 1.21 bits per heavy atom. The van der Waals surface area contributed by atoms with Crippen LogP contribution in [-0.4, -0.2) is 21.5 Å². The van der Waals surface area contributed by atoms with Gasteiger partial charge in [-0.25, -0.2) is 0 Å². The first-order valence-corrected chi connectivity index (χ1v) is 5.13. The van der Waals surface area contributed by atoms with Crippen molar-refractivity contribution in [3.63, 3.8) is 0 Å². The van der Waals surface area contributed by atoms with Crippen molar-refractivity contribution in [1.82, 2.24) is 9.80 Å². The molecule has 0 N–H and O–H groups in total. The van der Waals surface area contributed by atoms with Crippen LogP contribution < -0.4 is 0 Å². The van der Waals surface area contributed by atoms with Crippen molar-refractivity contribution >= 4 is 0 Å². The van der Waals surface area contributed by atoms with Crippen LogP contribution in [0.25, 0.3) is 0 Å². The van der Waals surface area contributed by atoms with Crippen LogP contribution >= 0.6 is 0 Å². The summed E-state index contributed by atoms with van der Waals surface area (Å²) in [5.41, 5.74) is 1.47. The third-order valence-corrected chi connectivity index (χ3v) is 2.77. The highest BCUT2D eigenvalue weighted by atomic mass is 15.4. The monoisotopic (exact) mass is 190 g/mol. The molecule has 0 saturated heterocycles. The second-order valence-corrected chi connectivity index (χ2v) is 4.87. The number of allylic oxidation sites excluding steroid dienone is 3. The highest BCUT2D eigenvalue weighted by molar-refractivity contribution is 5.31. The highest BCUT2D eigenvalue weighted by Gasteiger charge is 2.33. The average Bonchev–Trinajstić information content (AvgIpc) is 2.44. The van der Waals surface area contributed by atoms with E-state index in [1.807, 2.05) is 0 Å². The summed E-state index contributed by atoms with van der Waals surface area (Å²) in [7, 11) is 0. The van der Waals surface area contributed by atoms with E-state index in [2.05, 4.69) is 68.1 Å². The van der Waals surface area contributed by atoms with E-state index >= 15 is 0 Å². The van der Waals surface area contributed by atoms with Gasteiger partial charge < -0.3 is 9.80 Å². The molecule has 2 aliphatic rings. The average molecular weight is 190 g/mol. The van der Waals surface area contributed by atoms with Crippen molar-refractivity contribution in [3.8, 4) is 0 Å². The van der Waals surface area contributed by atoms with Gasteiger partial charge in [-0.3, -0.25) is 0 Å². The van der Waals surface area contributed by atoms with Crippen LogP contribution in [0.4, 0.5) is 0 Å². The van der Waals surface area contributed by atoms with Crippen LogP contribution in [0.3, 0.4) is 0 Å². The van der Waals surface area contributed by atoms with Gasteiger partial charge in [0.05, 0.1) is 5.70 Å². The second kappa shape index (κ2) is 2.91. The van der Waals surface area contributed by atoms with Crippen molar-refractivity contribution in [2.75, 3.05) is 0 Å². The second-order valence-electron chi connectivity index (χ2n) is 4.87. The molecule has 0 saturated carbocycles. The van der Waals surface area contributed by atoms with Crippen molar-refractivity contribution < 1.29 is 0 Å². The summed E-state index contributed by atoms with van der Waals surface area (Å²) in [5.74, 6) is 0. The van der Waals surface area contributed by atoms with Crippen molar-refractivity contribution in [2.24, 2.45) is 0 Å². The number of hydrogen-bond acceptors (Lipinski definition) is 2. The highest BCUT2D eigenvalue weighted by Crippen LogP contribution is 2.31. The zero-order valence-electron chi connectivity index (χ0n) is 9.36. The van der Waals surface area contributed by atoms with Crippen LogP contribution in [0.2, 0.25) is 0 Å². The first-order valence-electron chi connectivity index (χ1n) is 5.13. The van der Waals surface area contributed by atoms with E-state index in [1.165, 1.54) is 5.70 Å². The fraction of sp³-hybridized carbons (Fsp3) is 0.500. The zero-order valence-corrected chi connectivity index (χ0v) is 9.36. The van der Waals surface area contributed by atoms with Crippen LogP contribution in [0.1, 0.15) is 27.7 Å². The summed E-state index contributed by atoms with van der Waals surface area (Å²) in [4.78, 5) is 4.69. The Bertz CT molecular complexity index is 318. The molecular formula is C12H18N2. The molecule has 2 heteroatoms. The van der Waals surface area contributed by atoms with E-state index in [0.29, 0.717) is 6.17 Å². The van der Waals surface area contributed by atoms with Crippen LogP contribution in [-0.2, 0) is 0 Å². The lowest BCUT2D eigenvalue weighted by atomic mass is 10.1. The Morgan fingerprint density at radius 3 is 2.50 bits per heavy atom. The van der Waals surface area contributed by atoms with Gasteiger partial charge in [0, 0.05) is 17.9 Å². The third kappa shape index (κ3) is 1.35. The summed E-state index contributed by atoms with van der Waals surface area (Å²) < 4.78 is 0. The summed E-state index contributed by atoms with van der Waals surface area (Å²) in [6.07, 6.45) is 11.1. The van der Waals surface area contributed by atoms with Crippen molar-refractivity contribution in [2.45, 2.75) is 39.4 Å². The van der Waals surface area contributed by atoms with E-state index in [-0.39, 0.29) is 5.54 Å². The lowest BCUT2D eigenvalue weighted by molar-refractivity contribution is 0.112. The fourth-order valence-corrected chi connectivity index (χ4v) is 2.06. The largest absolute Gasteiger partial charge is 0.350 e.